The molecule has 0 spiro atoms. The zero-order valence-corrected chi connectivity index (χ0v) is 14.1. The fourth-order valence-electron chi connectivity index (χ4n) is 1.51. The van der Waals surface area contributed by atoms with Crippen molar-refractivity contribution in [3.8, 4) is 0 Å². The van der Waals surface area contributed by atoms with Crippen LogP contribution in [0.3, 0.4) is 0 Å². The fourth-order valence-corrected chi connectivity index (χ4v) is 3.14. The molecule has 0 bridgehead atoms. The van der Waals surface area contributed by atoms with Gasteiger partial charge in [0.25, 0.3) is 5.76 Å². The van der Waals surface area contributed by atoms with E-state index in [4.69, 9.17) is 0 Å². The highest BCUT2D eigenvalue weighted by Gasteiger charge is 2.05. The quantitative estimate of drug-likeness (QED) is 0.639. The summed E-state index contributed by atoms with van der Waals surface area (Å²) in [6.45, 7) is 0.551. The topological polar surface area (TPSA) is 24.9 Å². The number of benzene rings is 1. The van der Waals surface area contributed by atoms with Crippen LogP contribution in [-0.2, 0) is 6.54 Å². The standard InChI is InChI=1S/C13H10Br2F2N2S/c14-8-5-11(15)12(19-6-8)7-18-9-1-3-10(4-2-9)20-13(16)17/h1-6,13,18H,7H2. The van der Waals surface area contributed by atoms with Gasteiger partial charge in [0.2, 0.25) is 0 Å². The monoisotopic (exact) mass is 422 g/mol. The highest BCUT2D eigenvalue weighted by atomic mass is 79.9. The Kier molecular flexibility index (Phi) is 5.80. The minimum absolute atomic E-state index is 0.539. The molecule has 0 saturated carbocycles. The van der Waals surface area contributed by atoms with E-state index in [1.54, 1.807) is 30.5 Å². The second-order valence-electron chi connectivity index (χ2n) is 3.84. The molecule has 0 aliphatic rings. The number of hydrogen-bond donors (Lipinski definition) is 1. The van der Waals surface area contributed by atoms with E-state index in [2.05, 4.69) is 42.2 Å². The van der Waals surface area contributed by atoms with E-state index in [-0.39, 0.29) is 0 Å². The zero-order chi connectivity index (χ0) is 14.5. The van der Waals surface area contributed by atoms with E-state index >= 15 is 0 Å². The van der Waals surface area contributed by atoms with Gasteiger partial charge in [-0.3, -0.25) is 4.98 Å². The number of nitrogens with zero attached hydrogens (tertiary/aromatic N) is 1. The van der Waals surface area contributed by atoms with E-state index in [0.717, 1.165) is 20.3 Å². The van der Waals surface area contributed by atoms with Crippen molar-refractivity contribution in [2.45, 2.75) is 17.2 Å². The molecule has 7 heteroatoms. The Labute approximate surface area is 136 Å². The Hall–Kier alpha value is -0.660. The summed E-state index contributed by atoms with van der Waals surface area (Å²) in [4.78, 5) is 4.84. The van der Waals surface area contributed by atoms with Gasteiger partial charge in [-0.15, -0.1) is 0 Å². The van der Waals surface area contributed by atoms with Crippen LogP contribution >= 0.6 is 43.6 Å². The summed E-state index contributed by atoms with van der Waals surface area (Å²) in [5.74, 6) is -2.39. The first kappa shape index (κ1) is 15.7. The number of rotatable bonds is 5. The Bertz CT molecular complexity index is 579. The summed E-state index contributed by atoms with van der Waals surface area (Å²) < 4.78 is 26.2. The normalized spacial score (nSPS) is 10.8. The van der Waals surface area contributed by atoms with Crippen LogP contribution in [-0.4, -0.2) is 10.7 Å². The first-order valence-corrected chi connectivity index (χ1v) is 8.10. The van der Waals surface area contributed by atoms with E-state index in [0.29, 0.717) is 23.2 Å². The van der Waals surface area contributed by atoms with Crippen molar-refractivity contribution in [1.29, 1.82) is 0 Å². The summed E-state index contributed by atoms with van der Waals surface area (Å²) in [7, 11) is 0. The third-order valence-electron chi connectivity index (χ3n) is 2.42. The van der Waals surface area contributed by atoms with E-state index < -0.39 is 5.76 Å². The van der Waals surface area contributed by atoms with E-state index in [1.807, 2.05) is 6.07 Å². The summed E-state index contributed by atoms with van der Waals surface area (Å²) in [5, 5.41) is 3.20. The first-order valence-electron chi connectivity index (χ1n) is 5.63. The Morgan fingerprint density at radius 3 is 2.50 bits per heavy atom. The molecule has 1 aromatic carbocycles. The zero-order valence-electron chi connectivity index (χ0n) is 10.1. The number of thioether (sulfide) groups is 1. The molecule has 1 heterocycles. The molecule has 0 aliphatic heterocycles. The maximum atomic E-state index is 12.2. The van der Waals surface area contributed by atoms with Crippen LogP contribution in [0.4, 0.5) is 14.5 Å². The molecule has 0 fully saturated rings. The lowest BCUT2D eigenvalue weighted by Crippen LogP contribution is -2.02. The summed E-state index contributed by atoms with van der Waals surface area (Å²) >= 11 is 7.32. The lowest BCUT2D eigenvalue weighted by molar-refractivity contribution is 0.252. The number of aromatic nitrogens is 1. The van der Waals surface area contributed by atoms with Gasteiger partial charge in [-0.25, -0.2) is 0 Å². The van der Waals surface area contributed by atoms with Crippen LogP contribution in [0.1, 0.15) is 5.69 Å². The Morgan fingerprint density at radius 2 is 1.90 bits per heavy atom. The number of alkyl halides is 2. The van der Waals surface area contributed by atoms with Gasteiger partial charge in [-0.1, -0.05) is 11.8 Å². The van der Waals surface area contributed by atoms with Gasteiger partial charge in [-0.2, -0.15) is 8.78 Å². The first-order chi connectivity index (χ1) is 9.54. The molecule has 1 aromatic heterocycles. The molecule has 2 nitrogen and oxygen atoms in total. The largest absolute Gasteiger partial charge is 0.379 e. The molecule has 0 saturated heterocycles. The van der Waals surface area contributed by atoms with Crippen LogP contribution in [0.15, 0.2) is 50.4 Å². The lowest BCUT2D eigenvalue weighted by Gasteiger charge is -2.08. The van der Waals surface area contributed by atoms with Crippen molar-refractivity contribution in [2.24, 2.45) is 0 Å². The average molecular weight is 424 g/mol. The fraction of sp³-hybridized carbons (Fsp3) is 0.154. The molecule has 2 rings (SSSR count). The second kappa shape index (κ2) is 7.38. The number of anilines is 1. The smallest absolute Gasteiger partial charge is 0.288 e. The third kappa shape index (κ3) is 4.71. The van der Waals surface area contributed by atoms with Crippen LogP contribution in [0.2, 0.25) is 0 Å². The summed E-state index contributed by atoms with van der Waals surface area (Å²) in [6.07, 6.45) is 1.73. The molecule has 20 heavy (non-hydrogen) atoms. The minimum atomic E-state index is -2.39. The highest BCUT2D eigenvalue weighted by molar-refractivity contribution is 9.11. The number of nitrogens with one attached hydrogen (secondary N) is 1. The molecule has 2 aromatic rings. The van der Waals surface area contributed by atoms with Crippen LogP contribution in [0.5, 0.6) is 0 Å². The van der Waals surface area contributed by atoms with E-state index in [1.165, 1.54) is 0 Å². The molecule has 0 atom stereocenters. The number of halogens is 4. The third-order valence-corrected chi connectivity index (χ3v) is 4.27. The van der Waals surface area contributed by atoms with Gasteiger partial charge in [0.05, 0.1) is 12.2 Å². The molecule has 0 radical (unpaired) electrons. The van der Waals surface area contributed by atoms with Gasteiger partial charge in [0, 0.05) is 25.7 Å². The SMILES string of the molecule is FC(F)Sc1ccc(NCc2ncc(Br)cc2Br)cc1. The molecular weight excluding hydrogens is 414 g/mol. The molecule has 106 valence electrons. The minimum Gasteiger partial charge on any atom is -0.379 e. The van der Waals surface area contributed by atoms with Crippen LogP contribution in [0, 0.1) is 0 Å². The number of pyridine rings is 1. The Morgan fingerprint density at radius 1 is 1.20 bits per heavy atom. The van der Waals surface area contributed by atoms with Crippen LogP contribution in [0.25, 0.3) is 0 Å². The highest BCUT2D eigenvalue weighted by Crippen LogP contribution is 2.26. The van der Waals surface area contributed by atoms with Gasteiger partial charge in [0.15, 0.2) is 0 Å². The van der Waals surface area contributed by atoms with Crippen molar-refractivity contribution in [2.75, 3.05) is 5.32 Å². The van der Waals surface area contributed by atoms with Gasteiger partial charge in [-0.05, 0) is 62.2 Å². The number of hydrogen-bond acceptors (Lipinski definition) is 3. The molecule has 0 amide bonds. The molecular formula is C13H10Br2F2N2S. The second-order valence-corrected chi connectivity index (χ2v) is 6.67. The van der Waals surface area contributed by atoms with Gasteiger partial charge < -0.3 is 5.32 Å². The predicted octanol–water partition coefficient (Wildman–Crippen LogP) is 5.53. The molecule has 0 aliphatic carbocycles. The lowest BCUT2D eigenvalue weighted by atomic mass is 10.3. The van der Waals surface area contributed by atoms with Gasteiger partial charge >= 0.3 is 0 Å². The van der Waals surface area contributed by atoms with Crippen molar-refractivity contribution in [3.63, 3.8) is 0 Å². The van der Waals surface area contributed by atoms with Gasteiger partial charge in [0.1, 0.15) is 0 Å². The maximum Gasteiger partial charge on any atom is 0.288 e. The molecule has 1 N–H and O–H groups in total. The average Bonchev–Trinajstić information content (AvgIpc) is 2.39. The Balaban J connectivity index is 1.96. The van der Waals surface area contributed by atoms with Crippen LogP contribution < -0.4 is 5.32 Å². The predicted molar refractivity (Wildman–Crippen MR) is 85.3 cm³/mol. The van der Waals surface area contributed by atoms with Crippen molar-refractivity contribution < 1.29 is 8.78 Å². The van der Waals surface area contributed by atoms with Crippen molar-refractivity contribution in [1.82, 2.24) is 4.98 Å². The van der Waals surface area contributed by atoms with E-state index in [9.17, 15) is 8.78 Å². The van der Waals surface area contributed by atoms with Crippen molar-refractivity contribution in [3.05, 3.63) is 51.2 Å². The summed E-state index contributed by atoms with van der Waals surface area (Å²) in [5.41, 5.74) is 1.74. The molecule has 0 unspecified atom stereocenters. The van der Waals surface area contributed by atoms with Crippen molar-refractivity contribution >= 4 is 49.3 Å². The summed E-state index contributed by atoms with van der Waals surface area (Å²) in [6, 6.07) is 8.81. The maximum absolute atomic E-state index is 12.2.